The van der Waals surface area contributed by atoms with Crippen molar-refractivity contribution < 1.29 is 14.7 Å². The van der Waals surface area contributed by atoms with Gasteiger partial charge in [0.05, 0.1) is 22.3 Å². The summed E-state index contributed by atoms with van der Waals surface area (Å²) in [6, 6.07) is 5.95. The van der Waals surface area contributed by atoms with Gasteiger partial charge < -0.3 is 16.2 Å². The maximum absolute atomic E-state index is 12.0. The molecule has 0 fully saturated rings. The largest absolute Gasteiger partial charge is 0.481 e. The van der Waals surface area contributed by atoms with Crippen molar-refractivity contribution in [2.75, 3.05) is 5.32 Å². The van der Waals surface area contributed by atoms with Crippen molar-refractivity contribution in [1.29, 1.82) is 0 Å². The number of halogens is 1. The second-order valence-corrected chi connectivity index (χ2v) is 4.93. The average Bonchev–Trinajstić information content (AvgIpc) is 2.47. The number of carboxylic acids is 1. The molecule has 0 aliphatic rings. The number of carbonyl (C=O) groups excluding carboxylic acids is 1. The van der Waals surface area contributed by atoms with Crippen LogP contribution in [0.1, 0.15) is 12.8 Å². The molecule has 0 saturated carbocycles. The second-order valence-electron chi connectivity index (χ2n) is 4.52. The molecule has 1 atom stereocenters. The molecule has 0 aliphatic carbocycles. The van der Waals surface area contributed by atoms with Gasteiger partial charge in [0, 0.05) is 18.0 Å². The topological polar surface area (TPSA) is 105 Å². The third kappa shape index (κ3) is 3.68. The molecule has 7 heteroatoms. The Bertz CT molecular complexity index is 690. The van der Waals surface area contributed by atoms with Crippen LogP contribution in [-0.2, 0) is 9.59 Å². The predicted octanol–water partition coefficient (Wildman–Crippen LogP) is 2.02. The first-order valence-corrected chi connectivity index (χ1v) is 6.68. The van der Waals surface area contributed by atoms with Crippen molar-refractivity contribution in [1.82, 2.24) is 4.98 Å². The first kappa shape index (κ1) is 15.2. The minimum absolute atomic E-state index is 0.0696. The molecule has 21 heavy (non-hydrogen) atoms. The molecule has 4 N–H and O–H groups in total. The Kier molecular flexibility index (Phi) is 4.72. The van der Waals surface area contributed by atoms with Gasteiger partial charge in [0.25, 0.3) is 0 Å². The number of fused-ring (bicyclic) bond motifs is 1. The van der Waals surface area contributed by atoms with Crippen LogP contribution < -0.4 is 11.1 Å². The summed E-state index contributed by atoms with van der Waals surface area (Å²) in [5.41, 5.74) is 6.72. The van der Waals surface area contributed by atoms with Crippen LogP contribution in [0.2, 0.25) is 5.02 Å². The van der Waals surface area contributed by atoms with Crippen LogP contribution in [0.25, 0.3) is 10.9 Å². The highest BCUT2D eigenvalue weighted by molar-refractivity contribution is 6.35. The molecule has 2 rings (SSSR count). The first-order chi connectivity index (χ1) is 9.99. The van der Waals surface area contributed by atoms with Crippen molar-refractivity contribution in [3.8, 4) is 0 Å². The van der Waals surface area contributed by atoms with Gasteiger partial charge in [0.1, 0.15) is 0 Å². The van der Waals surface area contributed by atoms with Crippen LogP contribution in [0.5, 0.6) is 0 Å². The van der Waals surface area contributed by atoms with Crippen LogP contribution in [0.4, 0.5) is 5.69 Å². The van der Waals surface area contributed by atoms with Gasteiger partial charge >= 0.3 is 5.97 Å². The van der Waals surface area contributed by atoms with Crippen molar-refractivity contribution >= 4 is 40.1 Å². The summed E-state index contributed by atoms with van der Waals surface area (Å²) in [5, 5.41) is 12.5. The number of carboxylic acid groups (broad SMARTS) is 1. The van der Waals surface area contributed by atoms with E-state index in [9.17, 15) is 9.59 Å². The molecule has 2 aromatic rings. The van der Waals surface area contributed by atoms with Crippen LogP contribution in [0, 0.1) is 0 Å². The van der Waals surface area contributed by atoms with Gasteiger partial charge in [0.15, 0.2) is 0 Å². The maximum atomic E-state index is 12.0. The molecule has 6 nitrogen and oxygen atoms in total. The number of benzene rings is 1. The Morgan fingerprint density at radius 1 is 1.38 bits per heavy atom. The van der Waals surface area contributed by atoms with Gasteiger partial charge in [-0.1, -0.05) is 11.6 Å². The standard InChI is InChI=1S/C14H14ClN3O3/c15-9-3-5-11(13-8(9)2-1-7-17-13)18-14(21)10(16)4-6-12(19)20/h1-3,5,7,10H,4,6,16H2,(H,18,21)(H,19,20). The molecule has 1 amide bonds. The third-order valence-corrected chi connectivity index (χ3v) is 3.31. The van der Waals surface area contributed by atoms with Gasteiger partial charge in [-0.2, -0.15) is 0 Å². The van der Waals surface area contributed by atoms with Crippen molar-refractivity contribution in [2.45, 2.75) is 18.9 Å². The van der Waals surface area contributed by atoms with Crippen molar-refractivity contribution in [3.05, 3.63) is 35.5 Å². The predicted molar refractivity (Wildman–Crippen MR) is 80.2 cm³/mol. The number of hydrogen-bond donors (Lipinski definition) is 3. The molecule has 0 radical (unpaired) electrons. The first-order valence-electron chi connectivity index (χ1n) is 6.30. The van der Waals surface area contributed by atoms with Crippen LogP contribution in [-0.4, -0.2) is 28.0 Å². The fraction of sp³-hybridized carbons (Fsp3) is 0.214. The minimum Gasteiger partial charge on any atom is -0.481 e. The molecule has 1 heterocycles. The van der Waals surface area contributed by atoms with Gasteiger partial charge in [-0.15, -0.1) is 0 Å². The Morgan fingerprint density at radius 2 is 2.14 bits per heavy atom. The van der Waals surface area contributed by atoms with E-state index >= 15 is 0 Å². The number of rotatable bonds is 5. The van der Waals surface area contributed by atoms with Crippen molar-refractivity contribution in [3.63, 3.8) is 0 Å². The molecular weight excluding hydrogens is 294 g/mol. The number of aliphatic carboxylic acids is 1. The van der Waals surface area contributed by atoms with E-state index in [0.717, 1.165) is 5.39 Å². The van der Waals surface area contributed by atoms with Gasteiger partial charge in [0.2, 0.25) is 5.91 Å². The number of carbonyl (C=O) groups is 2. The van der Waals surface area contributed by atoms with Gasteiger partial charge in [-0.3, -0.25) is 14.6 Å². The fourth-order valence-corrected chi connectivity index (χ4v) is 2.09. The normalized spacial score (nSPS) is 12.1. The summed E-state index contributed by atoms with van der Waals surface area (Å²) < 4.78 is 0. The third-order valence-electron chi connectivity index (χ3n) is 2.98. The Balaban J connectivity index is 2.18. The van der Waals surface area contributed by atoms with E-state index < -0.39 is 17.9 Å². The van der Waals surface area contributed by atoms with Gasteiger partial charge in [-0.25, -0.2) is 0 Å². The van der Waals surface area contributed by atoms with Crippen LogP contribution in [0.15, 0.2) is 30.5 Å². The lowest BCUT2D eigenvalue weighted by molar-refractivity contribution is -0.137. The SMILES string of the molecule is NC(CCC(=O)O)C(=O)Nc1ccc(Cl)c2cccnc12. The number of aromatic nitrogens is 1. The van der Waals surface area contributed by atoms with Gasteiger partial charge in [-0.05, 0) is 30.7 Å². The summed E-state index contributed by atoms with van der Waals surface area (Å²) in [4.78, 5) is 26.6. The van der Waals surface area contributed by atoms with E-state index in [1.54, 1.807) is 30.5 Å². The highest BCUT2D eigenvalue weighted by Gasteiger charge is 2.16. The average molecular weight is 308 g/mol. The summed E-state index contributed by atoms with van der Waals surface area (Å²) in [5.74, 6) is -1.44. The number of nitrogens with one attached hydrogen (secondary N) is 1. The van der Waals surface area contributed by atoms with E-state index in [4.69, 9.17) is 22.4 Å². The van der Waals surface area contributed by atoms with E-state index in [1.165, 1.54) is 0 Å². The molecule has 0 spiro atoms. The summed E-state index contributed by atoms with van der Waals surface area (Å²) in [7, 11) is 0. The van der Waals surface area contributed by atoms with E-state index in [0.29, 0.717) is 16.2 Å². The number of anilines is 1. The maximum Gasteiger partial charge on any atom is 0.303 e. The molecule has 0 saturated heterocycles. The fourth-order valence-electron chi connectivity index (χ4n) is 1.87. The van der Waals surface area contributed by atoms with Crippen LogP contribution in [0.3, 0.4) is 0 Å². The number of nitrogens with zero attached hydrogens (tertiary/aromatic N) is 1. The number of pyridine rings is 1. The highest BCUT2D eigenvalue weighted by Crippen LogP contribution is 2.28. The zero-order chi connectivity index (χ0) is 15.4. The summed E-state index contributed by atoms with van der Waals surface area (Å²) >= 11 is 6.07. The lowest BCUT2D eigenvalue weighted by Gasteiger charge is -2.13. The van der Waals surface area contributed by atoms with E-state index in [-0.39, 0.29) is 12.8 Å². The lowest BCUT2D eigenvalue weighted by Crippen LogP contribution is -2.36. The molecule has 0 aliphatic heterocycles. The molecule has 1 unspecified atom stereocenters. The van der Waals surface area contributed by atoms with E-state index in [1.807, 2.05) is 0 Å². The highest BCUT2D eigenvalue weighted by atomic mass is 35.5. The second kappa shape index (κ2) is 6.51. The summed E-state index contributed by atoms with van der Waals surface area (Å²) in [6.45, 7) is 0. The number of hydrogen-bond acceptors (Lipinski definition) is 4. The Morgan fingerprint density at radius 3 is 2.86 bits per heavy atom. The smallest absolute Gasteiger partial charge is 0.303 e. The Hall–Kier alpha value is -2.18. The zero-order valence-electron chi connectivity index (χ0n) is 11.0. The van der Waals surface area contributed by atoms with Crippen LogP contribution >= 0.6 is 11.6 Å². The monoisotopic (exact) mass is 307 g/mol. The molecule has 1 aromatic carbocycles. The van der Waals surface area contributed by atoms with E-state index in [2.05, 4.69) is 10.3 Å². The zero-order valence-corrected chi connectivity index (χ0v) is 11.8. The number of amides is 1. The number of nitrogens with two attached hydrogens (primary N) is 1. The van der Waals surface area contributed by atoms with Crippen molar-refractivity contribution in [2.24, 2.45) is 5.73 Å². The summed E-state index contributed by atoms with van der Waals surface area (Å²) in [6.07, 6.45) is 1.51. The molecule has 1 aromatic heterocycles. The quantitative estimate of drug-likeness (QED) is 0.783. The Labute approximate surface area is 125 Å². The molecule has 0 bridgehead atoms. The molecule has 110 valence electrons. The lowest BCUT2D eigenvalue weighted by atomic mass is 10.1. The minimum atomic E-state index is -0.989. The molecular formula is C14H14ClN3O3.